The number of nitrogens with two attached hydrogens (primary N) is 1. The highest BCUT2D eigenvalue weighted by atomic mass is 16.4. The van der Waals surface area contributed by atoms with Crippen molar-refractivity contribution in [3.8, 4) is 0 Å². The summed E-state index contributed by atoms with van der Waals surface area (Å²) in [6.07, 6.45) is 3.61. The topological polar surface area (TPSA) is 88.5 Å². The van der Waals surface area contributed by atoms with E-state index >= 15 is 0 Å². The second kappa shape index (κ2) is 5.15. The molecule has 0 saturated heterocycles. The number of aromatic nitrogens is 2. The molecule has 0 radical (unpaired) electrons. The van der Waals surface area contributed by atoms with E-state index in [0.29, 0.717) is 6.54 Å². The number of hydrogen-bond acceptors (Lipinski definition) is 4. The van der Waals surface area contributed by atoms with Gasteiger partial charge in [-0.15, -0.1) is 0 Å². The predicted molar refractivity (Wildman–Crippen MR) is 48.5 cm³/mol. The van der Waals surface area contributed by atoms with Crippen LogP contribution in [-0.4, -0.2) is 33.9 Å². The summed E-state index contributed by atoms with van der Waals surface area (Å²) in [7, 11) is 0. The van der Waals surface area contributed by atoms with E-state index in [2.05, 4.69) is 15.6 Å². The lowest BCUT2D eigenvalue weighted by Gasteiger charge is -2.03. The van der Waals surface area contributed by atoms with Crippen LogP contribution < -0.4 is 11.1 Å². The molecule has 72 valence electrons. The van der Waals surface area contributed by atoms with Crippen molar-refractivity contribution >= 4 is 5.84 Å². The molecule has 0 aromatic carbocycles. The van der Waals surface area contributed by atoms with E-state index in [9.17, 15) is 0 Å². The molecule has 1 rings (SSSR count). The van der Waals surface area contributed by atoms with Crippen LogP contribution in [0.4, 0.5) is 0 Å². The van der Waals surface area contributed by atoms with Gasteiger partial charge in [0.1, 0.15) is 0 Å². The fourth-order valence-corrected chi connectivity index (χ4v) is 0.878. The van der Waals surface area contributed by atoms with E-state index in [-0.39, 0.29) is 5.84 Å². The Hall–Kier alpha value is -1.56. The van der Waals surface area contributed by atoms with Crippen LogP contribution in [-0.2, 0) is 6.54 Å². The lowest BCUT2D eigenvalue weighted by atomic mass is 10.5. The second-order valence-corrected chi connectivity index (χ2v) is 2.54. The summed E-state index contributed by atoms with van der Waals surface area (Å²) in [5.74, 6) is 0.181. The van der Waals surface area contributed by atoms with Crippen molar-refractivity contribution in [1.82, 2.24) is 15.1 Å². The van der Waals surface area contributed by atoms with Crippen molar-refractivity contribution in [1.29, 1.82) is 0 Å². The molecule has 0 bridgehead atoms. The predicted octanol–water partition coefficient (Wildman–Crippen LogP) is -0.781. The monoisotopic (exact) mass is 183 g/mol. The molecular formula is C7H13N5O. The molecule has 0 aliphatic heterocycles. The quantitative estimate of drug-likeness (QED) is 0.184. The number of rotatable bonds is 5. The maximum atomic E-state index is 8.22. The molecule has 1 aromatic heterocycles. The largest absolute Gasteiger partial charge is 0.409 e. The van der Waals surface area contributed by atoms with Gasteiger partial charge in [-0.05, 0) is 6.07 Å². The summed E-state index contributed by atoms with van der Waals surface area (Å²) in [6, 6.07) is 1.86. The summed E-state index contributed by atoms with van der Waals surface area (Å²) in [5, 5.41) is 18.1. The zero-order valence-corrected chi connectivity index (χ0v) is 7.22. The molecule has 4 N–H and O–H groups in total. The first-order chi connectivity index (χ1) is 6.33. The minimum absolute atomic E-state index is 0.181. The summed E-state index contributed by atoms with van der Waals surface area (Å²) in [6.45, 7) is 1.89. The molecule has 6 nitrogen and oxygen atoms in total. The van der Waals surface area contributed by atoms with Gasteiger partial charge < -0.3 is 16.3 Å². The van der Waals surface area contributed by atoms with Crippen LogP contribution in [0, 0.1) is 0 Å². The normalized spacial score (nSPS) is 11.8. The van der Waals surface area contributed by atoms with Gasteiger partial charge in [-0.1, -0.05) is 5.16 Å². The molecule has 6 heteroatoms. The molecule has 0 aliphatic rings. The third-order valence-corrected chi connectivity index (χ3v) is 1.51. The second-order valence-electron chi connectivity index (χ2n) is 2.54. The molecule has 0 aliphatic carbocycles. The van der Waals surface area contributed by atoms with Crippen LogP contribution in [0.3, 0.4) is 0 Å². The van der Waals surface area contributed by atoms with E-state index in [0.717, 1.165) is 13.1 Å². The molecule has 0 spiro atoms. The van der Waals surface area contributed by atoms with Crippen molar-refractivity contribution in [3.63, 3.8) is 0 Å². The smallest absolute Gasteiger partial charge is 0.153 e. The van der Waals surface area contributed by atoms with Crippen LogP contribution in [0.15, 0.2) is 23.6 Å². The Labute approximate surface area is 76.0 Å². The van der Waals surface area contributed by atoms with E-state index in [4.69, 9.17) is 10.9 Å². The maximum Gasteiger partial charge on any atom is 0.153 e. The molecule has 0 fully saturated rings. The number of oxime groups is 1. The molecule has 0 atom stereocenters. The highest BCUT2D eigenvalue weighted by Crippen LogP contribution is 1.81. The average molecular weight is 183 g/mol. The number of nitrogens with zero attached hydrogens (tertiary/aromatic N) is 3. The van der Waals surface area contributed by atoms with Crippen LogP contribution in [0.2, 0.25) is 0 Å². The lowest BCUT2D eigenvalue weighted by Crippen LogP contribution is -2.31. The molecule has 1 aromatic rings. The Kier molecular flexibility index (Phi) is 3.77. The van der Waals surface area contributed by atoms with Crippen molar-refractivity contribution in [2.75, 3.05) is 13.1 Å². The first-order valence-corrected chi connectivity index (χ1v) is 3.97. The van der Waals surface area contributed by atoms with Gasteiger partial charge in [0.2, 0.25) is 0 Å². The summed E-state index contributed by atoms with van der Waals surface area (Å²) in [5.41, 5.74) is 5.25. The van der Waals surface area contributed by atoms with Gasteiger partial charge in [-0.2, -0.15) is 5.10 Å². The standard InChI is InChI=1S/C7H13N5O/c8-7(11-13)6-9-3-5-12-4-1-2-10-12/h1-2,4,9,13H,3,5-6H2,(H2,8,11). The fourth-order valence-electron chi connectivity index (χ4n) is 0.878. The van der Waals surface area contributed by atoms with E-state index in [1.54, 1.807) is 10.9 Å². The first-order valence-electron chi connectivity index (χ1n) is 3.97. The van der Waals surface area contributed by atoms with Crippen molar-refractivity contribution in [3.05, 3.63) is 18.5 Å². The Morgan fingerprint density at radius 1 is 1.69 bits per heavy atom. The van der Waals surface area contributed by atoms with Gasteiger partial charge in [0.05, 0.1) is 13.1 Å². The molecule has 13 heavy (non-hydrogen) atoms. The Bertz CT molecular complexity index is 256. The Morgan fingerprint density at radius 3 is 3.15 bits per heavy atom. The number of nitrogens with one attached hydrogen (secondary N) is 1. The Morgan fingerprint density at radius 2 is 2.54 bits per heavy atom. The maximum absolute atomic E-state index is 8.22. The van der Waals surface area contributed by atoms with Crippen molar-refractivity contribution < 1.29 is 5.21 Å². The zero-order chi connectivity index (χ0) is 9.52. The third kappa shape index (κ3) is 3.57. The summed E-state index contributed by atoms with van der Waals surface area (Å²) < 4.78 is 1.80. The van der Waals surface area contributed by atoms with Gasteiger partial charge in [0, 0.05) is 18.9 Å². The van der Waals surface area contributed by atoms with Crippen molar-refractivity contribution in [2.45, 2.75) is 6.54 Å². The number of hydrogen-bond donors (Lipinski definition) is 3. The average Bonchev–Trinajstić information content (AvgIpc) is 2.64. The minimum Gasteiger partial charge on any atom is -0.409 e. The fraction of sp³-hybridized carbons (Fsp3) is 0.429. The summed E-state index contributed by atoms with van der Waals surface area (Å²) in [4.78, 5) is 0. The number of amidine groups is 1. The van der Waals surface area contributed by atoms with E-state index in [1.165, 1.54) is 0 Å². The minimum atomic E-state index is 0.181. The first kappa shape index (κ1) is 9.53. The van der Waals surface area contributed by atoms with Gasteiger partial charge in [0.25, 0.3) is 0 Å². The van der Waals surface area contributed by atoms with Crippen LogP contribution in [0.5, 0.6) is 0 Å². The molecule has 0 amide bonds. The van der Waals surface area contributed by atoms with Crippen LogP contribution in [0.1, 0.15) is 0 Å². The summed E-state index contributed by atoms with van der Waals surface area (Å²) >= 11 is 0. The molecule has 0 unspecified atom stereocenters. The molecular weight excluding hydrogens is 170 g/mol. The highest BCUT2D eigenvalue weighted by Gasteiger charge is 1.92. The van der Waals surface area contributed by atoms with E-state index < -0.39 is 0 Å². The Balaban J connectivity index is 2.08. The van der Waals surface area contributed by atoms with Crippen LogP contribution >= 0.6 is 0 Å². The SMILES string of the molecule is NC(CNCCn1cccn1)=NO. The molecule has 0 saturated carbocycles. The third-order valence-electron chi connectivity index (χ3n) is 1.51. The van der Waals surface area contributed by atoms with Crippen LogP contribution in [0.25, 0.3) is 0 Å². The van der Waals surface area contributed by atoms with Gasteiger partial charge >= 0.3 is 0 Å². The van der Waals surface area contributed by atoms with Gasteiger partial charge in [-0.25, -0.2) is 0 Å². The highest BCUT2D eigenvalue weighted by molar-refractivity contribution is 5.81. The lowest BCUT2D eigenvalue weighted by molar-refractivity contribution is 0.317. The zero-order valence-electron chi connectivity index (χ0n) is 7.22. The van der Waals surface area contributed by atoms with Gasteiger partial charge in [0.15, 0.2) is 5.84 Å². The molecule has 1 heterocycles. The van der Waals surface area contributed by atoms with E-state index in [1.807, 2.05) is 12.3 Å². The van der Waals surface area contributed by atoms with Crippen molar-refractivity contribution in [2.24, 2.45) is 10.9 Å². The van der Waals surface area contributed by atoms with Gasteiger partial charge in [-0.3, -0.25) is 4.68 Å².